The molecule has 0 aliphatic rings. The molecule has 2 amide bonds. The molecule has 1 unspecified atom stereocenters. The van der Waals surface area contributed by atoms with Gasteiger partial charge in [0.05, 0.1) is 11.9 Å². The van der Waals surface area contributed by atoms with Crippen molar-refractivity contribution in [1.29, 1.82) is 0 Å². The van der Waals surface area contributed by atoms with E-state index in [-0.39, 0.29) is 37.7 Å². The lowest BCUT2D eigenvalue weighted by Gasteiger charge is -2.34. The maximum absolute atomic E-state index is 13.8. The molecule has 1 N–H and O–H groups in total. The van der Waals surface area contributed by atoms with E-state index in [1.165, 1.54) is 24.3 Å². The average molecular weight is 647 g/mol. The average Bonchev–Trinajstić information content (AvgIpc) is 2.89. The summed E-state index contributed by atoms with van der Waals surface area (Å²) in [6, 6.07) is 21.5. The summed E-state index contributed by atoms with van der Waals surface area (Å²) in [5, 5.41) is 3.03. The first kappa shape index (κ1) is 32.3. The Balaban J connectivity index is 1.89. The number of amides is 2. The second-order valence-corrected chi connectivity index (χ2v) is 13.8. The number of halogens is 2. The lowest BCUT2D eigenvalue weighted by molar-refractivity contribution is -0.142. The van der Waals surface area contributed by atoms with Gasteiger partial charge in [0.15, 0.2) is 0 Å². The Kier molecular flexibility index (Phi) is 11.1. The predicted octanol–water partition coefficient (Wildman–Crippen LogP) is 5.69. The molecular weight excluding hydrogens is 609 g/mol. The van der Waals surface area contributed by atoms with Gasteiger partial charge < -0.3 is 10.2 Å². The van der Waals surface area contributed by atoms with Crippen LogP contribution in [0, 0.1) is 5.82 Å². The van der Waals surface area contributed by atoms with Crippen molar-refractivity contribution < 1.29 is 22.4 Å². The second kappa shape index (κ2) is 14.1. The molecule has 7 nitrogen and oxygen atoms in total. The van der Waals surface area contributed by atoms with Gasteiger partial charge in [-0.1, -0.05) is 58.4 Å². The fourth-order valence-corrected chi connectivity index (χ4v) is 5.63. The van der Waals surface area contributed by atoms with Gasteiger partial charge in [-0.2, -0.15) is 0 Å². The van der Waals surface area contributed by atoms with E-state index in [1.807, 2.05) is 75.4 Å². The van der Waals surface area contributed by atoms with Gasteiger partial charge in [-0.3, -0.25) is 13.9 Å². The Bertz CT molecular complexity index is 1410. The van der Waals surface area contributed by atoms with Gasteiger partial charge in [0.2, 0.25) is 21.8 Å². The van der Waals surface area contributed by atoms with E-state index >= 15 is 0 Å². The molecule has 0 aliphatic heterocycles. The van der Waals surface area contributed by atoms with E-state index in [0.29, 0.717) is 12.1 Å². The number of anilines is 1. The number of benzene rings is 3. The number of nitrogens with one attached hydrogen (secondary N) is 1. The third-order valence-corrected chi connectivity index (χ3v) is 8.02. The number of carbonyl (C=O) groups is 2. The van der Waals surface area contributed by atoms with Gasteiger partial charge in [0.25, 0.3) is 0 Å². The molecular formula is C31H37BrFN3O4S. The number of rotatable bonds is 12. The van der Waals surface area contributed by atoms with E-state index in [2.05, 4.69) is 21.2 Å². The Morgan fingerprint density at radius 2 is 1.54 bits per heavy atom. The van der Waals surface area contributed by atoms with Crippen LogP contribution in [0.15, 0.2) is 83.3 Å². The number of nitrogens with zero attached hydrogens (tertiary/aromatic N) is 2. The summed E-state index contributed by atoms with van der Waals surface area (Å²) in [7, 11) is -3.68. The molecule has 0 aromatic heterocycles. The lowest BCUT2D eigenvalue weighted by Crippen LogP contribution is -2.54. The third kappa shape index (κ3) is 10.3. The fourth-order valence-electron chi connectivity index (χ4n) is 4.40. The Morgan fingerprint density at radius 1 is 0.927 bits per heavy atom. The van der Waals surface area contributed by atoms with Crippen molar-refractivity contribution in [1.82, 2.24) is 10.2 Å². The van der Waals surface area contributed by atoms with Crippen molar-refractivity contribution in [2.45, 2.75) is 58.2 Å². The van der Waals surface area contributed by atoms with Crippen LogP contribution >= 0.6 is 15.9 Å². The molecule has 0 saturated carbocycles. The minimum Gasteiger partial charge on any atom is -0.350 e. The number of hydrogen-bond donors (Lipinski definition) is 1. The van der Waals surface area contributed by atoms with Gasteiger partial charge in [0.1, 0.15) is 11.9 Å². The van der Waals surface area contributed by atoms with Crippen molar-refractivity contribution in [2.24, 2.45) is 0 Å². The Labute approximate surface area is 250 Å². The van der Waals surface area contributed by atoms with E-state index < -0.39 is 27.4 Å². The normalized spacial score (nSPS) is 12.4. The zero-order chi connectivity index (χ0) is 30.2. The predicted molar refractivity (Wildman–Crippen MR) is 164 cm³/mol. The highest BCUT2D eigenvalue weighted by Gasteiger charge is 2.32. The van der Waals surface area contributed by atoms with Gasteiger partial charge in [-0.05, 0) is 74.7 Å². The van der Waals surface area contributed by atoms with Gasteiger partial charge >= 0.3 is 0 Å². The van der Waals surface area contributed by atoms with Crippen LogP contribution < -0.4 is 9.62 Å². The minimum atomic E-state index is -3.68. The number of hydrogen-bond acceptors (Lipinski definition) is 4. The van der Waals surface area contributed by atoms with Crippen LogP contribution in [0.1, 0.15) is 44.7 Å². The SMILES string of the molecule is CC(C)(C)NC(=O)C(Cc1ccccc1)N(Cc1ccc(Br)cc1)C(=O)CCCN(c1ccc(F)cc1)S(C)(=O)=O. The zero-order valence-electron chi connectivity index (χ0n) is 23.8. The molecule has 0 fully saturated rings. The van der Waals surface area contributed by atoms with E-state index in [1.54, 1.807) is 4.90 Å². The van der Waals surface area contributed by atoms with Crippen molar-refractivity contribution in [3.8, 4) is 0 Å². The molecule has 0 saturated heterocycles. The number of carbonyl (C=O) groups excluding carboxylic acids is 2. The molecule has 3 aromatic carbocycles. The van der Waals surface area contributed by atoms with Crippen LogP contribution in [-0.2, 0) is 32.6 Å². The third-order valence-electron chi connectivity index (χ3n) is 6.30. The molecule has 10 heteroatoms. The van der Waals surface area contributed by atoms with Crippen LogP contribution in [0.4, 0.5) is 10.1 Å². The van der Waals surface area contributed by atoms with Crippen LogP contribution in [-0.4, -0.2) is 49.5 Å². The monoisotopic (exact) mass is 645 g/mol. The van der Waals surface area contributed by atoms with E-state index in [9.17, 15) is 22.4 Å². The number of sulfonamides is 1. The summed E-state index contributed by atoms with van der Waals surface area (Å²) in [5.74, 6) is -1.01. The second-order valence-electron chi connectivity index (χ2n) is 11.0. The Hall–Kier alpha value is -3.24. The first-order chi connectivity index (χ1) is 19.2. The largest absolute Gasteiger partial charge is 0.350 e. The van der Waals surface area contributed by atoms with Crippen LogP contribution in [0.5, 0.6) is 0 Å². The van der Waals surface area contributed by atoms with Crippen molar-refractivity contribution >= 4 is 43.5 Å². The highest BCUT2D eigenvalue weighted by Crippen LogP contribution is 2.21. The topological polar surface area (TPSA) is 86.8 Å². The highest BCUT2D eigenvalue weighted by atomic mass is 79.9. The van der Waals surface area contributed by atoms with E-state index in [0.717, 1.165) is 26.2 Å². The lowest BCUT2D eigenvalue weighted by atomic mass is 10.00. The molecule has 41 heavy (non-hydrogen) atoms. The summed E-state index contributed by atoms with van der Waals surface area (Å²) in [4.78, 5) is 29.1. The quantitative estimate of drug-likeness (QED) is 0.274. The summed E-state index contributed by atoms with van der Waals surface area (Å²) in [6.45, 7) is 5.90. The zero-order valence-corrected chi connectivity index (χ0v) is 26.2. The van der Waals surface area contributed by atoms with Gasteiger partial charge in [-0.25, -0.2) is 12.8 Å². The van der Waals surface area contributed by atoms with Crippen molar-refractivity contribution in [3.05, 3.63) is 100 Å². The van der Waals surface area contributed by atoms with Crippen LogP contribution in [0.2, 0.25) is 0 Å². The van der Waals surface area contributed by atoms with Crippen molar-refractivity contribution in [2.75, 3.05) is 17.1 Å². The van der Waals surface area contributed by atoms with Crippen molar-refractivity contribution in [3.63, 3.8) is 0 Å². The van der Waals surface area contributed by atoms with Gasteiger partial charge in [0, 0.05) is 35.9 Å². The first-order valence-corrected chi connectivity index (χ1v) is 16.0. The van der Waals surface area contributed by atoms with Crippen LogP contribution in [0.3, 0.4) is 0 Å². The summed E-state index contributed by atoms with van der Waals surface area (Å²) in [5.41, 5.74) is 1.57. The summed E-state index contributed by atoms with van der Waals surface area (Å²) >= 11 is 3.44. The summed E-state index contributed by atoms with van der Waals surface area (Å²) < 4.78 is 40.5. The molecule has 220 valence electrons. The molecule has 3 rings (SSSR count). The molecule has 0 bridgehead atoms. The fraction of sp³-hybridized carbons (Fsp3) is 0.355. The Morgan fingerprint density at radius 3 is 2.10 bits per heavy atom. The molecule has 1 atom stereocenters. The maximum atomic E-state index is 13.8. The molecule has 0 heterocycles. The summed E-state index contributed by atoms with van der Waals surface area (Å²) in [6.07, 6.45) is 1.61. The van der Waals surface area contributed by atoms with Crippen LogP contribution in [0.25, 0.3) is 0 Å². The molecule has 0 spiro atoms. The first-order valence-electron chi connectivity index (χ1n) is 13.4. The minimum absolute atomic E-state index is 0.0117. The maximum Gasteiger partial charge on any atom is 0.243 e. The van der Waals surface area contributed by atoms with E-state index in [4.69, 9.17) is 0 Å². The highest BCUT2D eigenvalue weighted by molar-refractivity contribution is 9.10. The molecule has 3 aromatic rings. The molecule has 0 aliphatic carbocycles. The van der Waals surface area contributed by atoms with Gasteiger partial charge in [-0.15, -0.1) is 0 Å². The smallest absolute Gasteiger partial charge is 0.243 e. The standard InChI is InChI=1S/C31H37BrFN3O4S/c1-31(2,3)34-30(38)28(21-23-9-6-5-7-10-23)35(22-24-12-14-25(32)15-13-24)29(37)11-8-20-36(41(4,39)40)27-18-16-26(33)17-19-27/h5-7,9-10,12-19,28H,8,11,20-22H2,1-4H3,(H,34,38). The molecule has 0 radical (unpaired) electrons.